The lowest BCUT2D eigenvalue weighted by Crippen LogP contribution is -1.86. The molecule has 1 rings (SSSR count). The summed E-state index contributed by atoms with van der Waals surface area (Å²) >= 11 is 0. The molecule has 0 aliphatic heterocycles. The summed E-state index contributed by atoms with van der Waals surface area (Å²) in [5, 5.41) is 0. The van der Waals surface area contributed by atoms with Gasteiger partial charge in [0, 0.05) is 0 Å². The van der Waals surface area contributed by atoms with Gasteiger partial charge in [0.25, 0.3) is 0 Å². The van der Waals surface area contributed by atoms with Crippen LogP contribution in [0.4, 0.5) is 0 Å². The highest BCUT2D eigenvalue weighted by molar-refractivity contribution is 5.14. The third-order valence-electron chi connectivity index (χ3n) is 3.66. The lowest BCUT2D eigenvalue weighted by molar-refractivity contribution is 0.556. The Kier molecular flexibility index (Phi) is 13.0. The predicted molar refractivity (Wildman–Crippen MR) is 85.6 cm³/mol. The Balaban J connectivity index is 0.00000324. The van der Waals surface area contributed by atoms with Gasteiger partial charge in [-0.05, 0) is 18.4 Å². The van der Waals surface area contributed by atoms with Crippen LogP contribution in [0.15, 0.2) is 30.3 Å². The van der Waals surface area contributed by atoms with Crippen molar-refractivity contribution in [3.63, 3.8) is 0 Å². The monoisotopic (exact) mass is 264 g/mol. The van der Waals surface area contributed by atoms with Crippen LogP contribution in [0.2, 0.25) is 0 Å². The van der Waals surface area contributed by atoms with Crippen molar-refractivity contribution in [1.29, 1.82) is 0 Å². The van der Waals surface area contributed by atoms with Crippen molar-refractivity contribution < 1.29 is 5.48 Å². The highest BCUT2D eigenvalue weighted by Crippen LogP contribution is 2.12. The van der Waals surface area contributed by atoms with E-state index in [1.807, 2.05) is 0 Å². The summed E-state index contributed by atoms with van der Waals surface area (Å²) in [6, 6.07) is 10.9. The summed E-state index contributed by atoms with van der Waals surface area (Å²) in [7, 11) is 0. The molecule has 1 nitrogen and oxygen atoms in total. The number of unbranched alkanes of at least 4 members (excludes halogenated alkanes) is 9. The predicted octanol–water partition coefficient (Wildman–Crippen LogP) is 5.33. The molecule has 19 heavy (non-hydrogen) atoms. The Hall–Kier alpha value is -0.820. The van der Waals surface area contributed by atoms with Gasteiger partial charge in [-0.2, -0.15) is 0 Å². The molecule has 1 aromatic rings. The standard InChI is InChI=1S/C18H30.H2O/c1-2-3-4-5-6-7-8-9-10-12-15-18-16-13-11-14-17-18;/h11,13-14,16-17H,2-10,12,15H2,1H3;1H2. The van der Waals surface area contributed by atoms with Crippen LogP contribution in [0.1, 0.15) is 76.7 Å². The van der Waals surface area contributed by atoms with Gasteiger partial charge in [0.1, 0.15) is 0 Å². The maximum absolute atomic E-state index is 2.28. The van der Waals surface area contributed by atoms with Crippen molar-refractivity contribution in [1.82, 2.24) is 0 Å². The third kappa shape index (κ3) is 10.8. The Morgan fingerprint density at radius 2 is 1.11 bits per heavy atom. The molecule has 0 aromatic heterocycles. The highest BCUT2D eigenvalue weighted by atomic mass is 16.0. The Labute approximate surface area is 119 Å². The van der Waals surface area contributed by atoms with E-state index in [1.54, 1.807) is 0 Å². The minimum atomic E-state index is 0. The molecule has 0 atom stereocenters. The molecular formula is C18H32O. The van der Waals surface area contributed by atoms with Crippen molar-refractivity contribution in [2.45, 2.75) is 77.6 Å². The van der Waals surface area contributed by atoms with E-state index in [0.29, 0.717) is 0 Å². The smallest absolute Gasteiger partial charge is 0.0279 e. The summed E-state index contributed by atoms with van der Waals surface area (Å²) in [5.74, 6) is 0. The summed E-state index contributed by atoms with van der Waals surface area (Å²) in [5.41, 5.74) is 1.50. The van der Waals surface area contributed by atoms with E-state index < -0.39 is 0 Å². The first-order valence-corrected chi connectivity index (χ1v) is 7.97. The molecule has 1 aromatic carbocycles. The van der Waals surface area contributed by atoms with Gasteiger partial charge in [0.2, 0.25) is 0 Å². The second kappa shape index (κ2) is 13.6. The van der Waals surface area contributed by atoms with Gasteiger partial charge < -0.3 is 5.48 Å². The van der Waals surface area contributed by atoms with Crippen molar-refractivity contribution in [3.8, 4) is 0 Å². The van der Waals surface area contributed by atoms with Crippen molar-refractivity contribution in [3.05, 3.63) is 35.9 Å². The van der Waals surface area contributed by atoms with Gasteiger partial charge in [0.15, 0.2) is 0 Å². The highest BCUT2D eigenvalue weighted by Gasteiger charge is 1.94. The third-order valence-corrected chi connectivity index (χ3v) is 3.66. The quantitative estimate of drug-likeness (QED) is 0.484. The molecule has 0 heterocycles. The Morgan fingerprint density at radius 3 is 1.63 bits per heavy atom. The average molecular weight is 264 g/mol. The molecule has 0 amide bonds. The van der Waals surface area contributed by atoms with E-state index >= 15 is 0 Å². The number of rotatable bonds is 11. The van der Waals surface area contributed by atoms with E-state index in [1.165, 1.54) is 76.2 Å². The summed E-state index contributed by atoms with van der Waals surface area (Å²) in [4.78, 5) is 0. The zero-order valence-electron chi connectivity index (χ0n) is 12.7. The maximum Gasteiger partial charge on any atom is -0.0279 e. The van der Waals surface area contributed by atoms with Gasteiger partial charge in [-0.3, -0.25) is 0 Å². The van der Waals surface area contributed by atoms with Crippen LogP contribution >= 0.6 is 0 Å². The molecule has 0 saturated heterocycles. The molecule has 110 valence electrons. The minimum absolute atomic E-state index is 0. The first-order valence-electron chi connectivity index (χ1n) is 7.97. The Morgan fingerprint density at radius 1 is 0.632 bits per heavy atom. The first-order chi connectivity index (χ1) is 8.93. The summed E-state index contributed by atoms with van der Waals surface area (Å²) < 4.78 is 0. The summed E-state index contributed by atoms with van der Waals surface area (Å²) in [6.07, 6.45) is 15.5. The van der Waals surface area contributed by atoms with Crippen molar-refractivity contribution >= 4 is 0 Å². The van der Waals surface area contributed by atoms with Crippen LogP contribution in [0.5, 0.6) is 0 Å². The maximum atomic E-state index is 2.28. The number of aryl methyl sites for hydroxylation is 1. The minimum Gasteiger partial charge on any atom is -0.412 e. The summed E-state index contributed by atoms with van der Waals surface area (Å²) in [6.45, 7) is 2.28. The molecule has 0 spiro atoms. The number of hydrogen-bond acceptors (Lipinski definition) is 0. The van der Waals surface area contributed by atoms with Crippen LogP contribution in [0, 0.1) is 0 Å². The fourth-order valence-electron chi connectivity index (χ4n) is 2.46. The molecule has 0 aliphatic rings. The molecule has 1 heteroatoms. The van der Waals surface area contributed by atoms with Gasteiger partial charge in [-0.25, -0.2) is 0 Å². The van der Waals surface area contributed by atoms with Crippen LogP contribution in [-0.4, -0.2) is 5.48 Å². The van der Waals surface area contributed by atoms with Crippen LogP contribution in [-0.2, 0) is 6.42 Å². The van der Waals surface area contributed by atoms with Crippen LogP contribution < -0.4 is 0 Å². The van der Waals surface area contributed by atoms with Gasteiger partial charge >= 0.3 is 0 Å². The van der Waals surface area contributed by atoms with Gasteiger partial charge in [-0.1, -0.05) is 95.0 Å². The second-order valence-corrected chi connectivity index (χ2v) is 5.42. The second-order valence-electron chi connectivity index (χ2n) is 5.42. The zero-order chi connectivity index (χ0) is 12.9. The SMILES string of the molecule is CCCCCCCCCCCCc1ccccc1.O. The number of hydrogen-bond donors (Lipinski definition) is 0. The molecule has 0 aliphatic carbocycles. The largest absolute Gasteiger partial charge is 0.412 e. The van der Waals surface area contributed by atoms with Crippen LogP contribution in [0.3, 0.4) is 0 Å². The van der Waals surface area contributed by atoms with Gasteiger partial charge in [0.05, 0.1) is 0 Å². The fourth-order valence-corrected chi connectivity index (χ4v) is 2.46. The van der Waals surface area contributed by atoms with E-state index in [2.05, 4.69) is 37.3 Å². The van der Waals surface area contributed by atoms with Crippen LogP contribution in [0.25, 0.3) is 0 Å². The molecule has 0 bridgehead atoms. The topological polar surface area (TPSA) is 31.5 Å². The normalized spacial score (nSPS) is 10.2. The zero-order valence-corrected chi connectivity index (χ0v) is 12.7. The molecule has 2 N–H and O–H groups in total. The first kappa shape index (κ1) is 18.2. The lowest BCUT2D eigenvalue weighted by atomic mass is 10.0. The average Bonchev–Trinajstić information content (AvgIpc) is 2.42. The van der Waals surface area contributed by atoms with Crippen molar-refractivity contribution in [2.24, 2.45) is 0 Å². The van der Waals surface area contributed by atoms with E-state index in [-0.39, 0.29) is 5.48 Å². The fraction of sp³-hybridized carbons (Fsp3) is 0.667. The van der Waals surface area contributed by atoms with E-state index in [0.717, 1.165) is 0 Å². The molecular weight excluding hydrogens is 232 g/mol. The van der Waals surface area contributed by atoms with Gasteiger partial charge in [-0.15, -0.1) is 0 Å². The molecule has 0 fully saturated rings. The molecule has 0 radical (unpaired) electrons. The lowest BCUT2D eigenvalue weighted by Gasteiger charge is -2.03. The molecule has 0 saturated carbocycles. The Bertz CT molecular complexity index is 268. The van der Waals surface area contributed by atoms with Crippen molar-refractivity contribution in [2.75, 3.05) is 0 Å². The van der Waals surface area contributed by atoms with E-state index in [4.69, 9.17) is 0 Å². The van der Waals surface area contributed by atoms with E-state index in [9.17, 15) is 0 Å². The molecule has 0 unspecified atom stereocenters. The number of benzene rings is 1.